The first-order valence-electron chi connectivity index (χ1n) is 6.29. The molecule has 0 radical (unpaired) electrons. The van der Waals surface area contributed by atoms with Crippen LogP contribution in [0.25, 0.3) is 0 Å². The van der Waals surface area contributed by atoms with E-state index in [0.717, 1.165) is 6.42 Å². The predicted octanol–water partition coefficient (Wildman–Crippen LogP) is 4.56. The number of aryl methyl sites for hydroxylation is 1. The second-order valence-corrected chi connectivity index (χ2v) is 7.81. The second-order valence-electron chi connectivity index (χ2n) is 4.90. The van der Waals surface area contributed by atoms with Gasteiger partial charge < -0.3 is 5.73 Å². The fourth-order valence-electron chi connectivity index (χ4n) is 2.80. The molecule has 2 atom stereocenters. The molecule has 3 rings (SSSR count). The monoisotopic (exact) mass is 341 g/mol. The fourth-order valence-corrected chi connectivity index (χ4v) is 5.32. The van der Waals surface area contributed by atoms with E-state index in [0.29, 0.717) is 5.92 Å². The molecule has 0 amide bonds. The topological polar surface area (TPSA) is 26.0 Å². The van der Waals surface area contributed by atoms with Gasteiger partial charge in [-0.15, -0.1) is 22.7 Å². The Morgan fingerprint density at radius 1 is 1.44 bits per heavy atom. The van der Waals surface area contributed by atoms with Crippen molar-refractivity contribution >= 4 is 38.6 Å². The van der Waals surface area contributed by atoms with Crippen LogP contribution in [0.4, 0.5) is 0 Å². The van der Waals surface area contributed by atoms with E-state index in [4.69, 9.17) is 5.73 Å². The third kappa shape index (κ3) is 2.57. The average Bonchev–Trinajstić information content (AvgIpc) is 2.97. The maximum atomic E-state index is 6.46. The minimum absolute atomic E-state index is 0.254. The molecule has 18 heavy (non-hydrogen) atoms. The number of thiophene rings is 2. The Labute approximate surface area is 124 Å². The summed E-state index contributed by atoms with van der Waals surface area (Å²) in [6.07, 6.45) is 4.79. The van der Waals surface area contributed by atoms with E-state index in [1.807, 2.05) is 11.3 Å². The third-order valence-electron chi connectivity index (χ3n) is 3.67. The smallest absolute Gasteiger partial charge is 0.0285 e. The zero-order chi connectivity index (χ0) is 12.5. The standard InChI is InChI=1S/C14H16BrNS2/c15-9-6-10(18-8-9)7-13(16)11-2-1-3-14-12(11)4-5-17-14/h4-6,8,11,13H,1-3,7,16H2. The molecular weight excluding hydrogens is 326 g/mol. The van der Waals surface area contributed by atoms with Gasteiger partial charge in [0.05, 0.1) is 0 Å². The molecule has 1 aliphatic carbocycles. The molecule has 1 nitrogen and oxygen atoms in total. The molecule has 0 saturated heterocycles. The summed E-state index contributed by atoms with van der Waals surface area (Å²) in [5.74, 6) is 0.556. The Bertz CT molecular complexity index is 531. The highest BCUT2D eigenvalue weighted by Crippen LogP contribution is 2.37. The van der Waals surface area contributed by atoms with Crippen molar-refractivity contribution < 1.29 is 0 Å². The largest absolute Gasteiger partial charge is 0.327 e. The van der Waals surface area contributed by atoms with Gasteiger partial charge in [0.1, 0.15) is 0 Å². The van der Waals surface area contributed by atoms with Crippen LogP contribution in [-0.2, 0) is 12.8 Å². The summed E-state index contributed by atoms with van der Waals surface area (Å²) in [5.41, 5.74) is 7.98. The van der Waals surface area contributed by atoms with E-state index in [9.17, 15) is 0 Å². The van der Waals surface area contributed by atoms with E-state index in [1.54, 1.807) is 16.2 Å². The lowest BCUT2D eigenvalue weighted by Crippen LogP contribution is -2.32. The van der Waals surface area contributed by atoms with Crippen LogP contribution in [0.1, 0.15) is 34.1 Å². The molecule has 0 fully saturated rings. The maximum absolute atomic E-state index is 6.46. The summed E-state index contributed by atoms with van der Waals surface area (Å²) in [6, 6.07) is 4.74. The first-order chi connectivity index (χ1) is 8.74. The number of fused-ring (bicyclic) bond motifs is 1. The van der Waals surface area contributed by atoms with Crippen molar-refractivity contribution in [1.29, 1.82) is 0 Å². The van der Waals surface area contributed by atoms with Crippen LogP contribution in [0.2, 0.25) is 0 Å². The highest BCUT2D eigenvalue weighted by molar-refractivity contribution is 9.10. The molecule has 0 aromatic carbocycles. The van der Waals surface area contributed by atoms with E-state index in [2.05, 4.69) is 38.8 Å². The highest BCUT2D eigenvalue weighted by Gasteiger charge is 2.26. The van der Waals surface area contributed by atoms with Crippen molar-refractivity contribution in [3.8, 4) is 0 Å². The zero-order valence-corrected chi connectivity index (χ0v) is 13.3. The Morgan fingerprint density at radius 3 is 3.11 bits per heavy atom. The molecular formula is C14H16BrNS2. The first-order valence-corrected chi connectivity index (χ1v) is 8.84. The third-order valence-corrected chi connectivity index (χ3v) is 6.39. The van der Waals surface area contributed by atoms with Gasteiger partial charge in [0.2, 0.25) is 0 Å². The summed E-state index contributed by atoms with van der Waals surface area (Å²) < 4.78 is 1.18. The SMILES string of the molecule is NC(Cc1cc(Br)cs1)C1CCCc2sccc21. The molecule has 0 bridgehead atoms. The molecule has 0 aliphatic heterocycles. The minimum atomic E-state index is 0.254. The Balaban J connectivity index is 1.76. The van der Waals surface area contributed by atoms with Crippen molar-refractivity contribution in [1.82, 2.24) is 0 Å². The summed E-state index contributed by atoms with van der Waals surface area (Å²) >= 11 is 7.21. The van der Waals surface area contributed by atoms with Gasteiger partial charge in [-0.05, 0) is 64.7 Å². The zero-order valence-electron chi connectivity index (χ0n) is 10.1. The van der Waals surface area contributed by atoms with Gasteiger partial charge in [-0.25, -0.2) is 0 Å². The normalized spacial score (nSPS) is 20.7. The average molecular weight is 342 g/mol. The number of nitrogens with two attached hydrogens (primary N) is 1. The molecule has 2 N–H and O–H groups in total. The molecule has 2 aromatic rings. The maximum Gasteiger partial charge on any atom is 0.0285 e. The van der Waals surface area contributed by atoms with E-state index >= 15 is 0 Å². The van der Waals surface area contributed by atoms with E-state index in [1.165, 1.54) is 34.2 Å². The lowest BCUT2D eigenvalue weighted by molar-refractivity contribution is 0.465. The van der Waals surface area contributed by atoms with Crippen LogP contribution in [0, 0.1) is 0 Å². The lowest BCUT2D eigenvalue weighted by Gasteiger charge is -2.27. The van der Waals surface area contributed by atoms with Crippen LogP contribution in [0.3, 0.4) is 0 Å². The molecule has 0 spiro atoms. The van der Waals surface area contributed by atoms with Gasteiger partial charge in [0, 0.05) is 31.6 Å². The summed E-state index contributed by atoms with van der Waals surface area (Å²) in [7, 11) is 0. The Morgan fingerprint density at radius 2 is 2.33 bits per heavy atom. The number of hydrogen-bond acceptors (Lipinski definition) is 3. The number of hydrogen-bond donors (Lipinski definition) is 1. The van der Waals surface area contributed by atoms with Crippen molar-refractivity contribution in [2.75, 3.05) is 0 Å². The quantitative estimate of drug-likeness (QED) is 0.869. The molecule has 96 valence electrons. The van der Waals surface area contributed by atoms with E-state index < -0.39 is 0 Å². The second kappa shape index (κ2) is 5.45. The predicted molar refractivity (Wildman–Crippen MR) is 83.7 cm³/mol. The summed E-state index contributed by atoms with van der Waals surface area (Å²) in [5, 5.41) is 4.36. The van der Waals surface area contributed by atoms with Gasteiger partial charge in [-0.3, -0.25) is 0 Å². The molecule has 0 saturated carbocycles. The van der Waals surface area contributed by atoms with Crippen LogP contribution in [0.5, 0.6) is 0 Å². The minimum Gasteiger partial charge on any atom is -0.327 e. The molecule has 1 aliphatic rings. The molecule has 4 heteroatoms. The first kappa shape index (κ1) is 12.9. The van der Waals surface area contributed by atoms with Crippen LogP contribution < -0.4 is 5.73 Å². The van der Waals surface area contributed by atoms with Crippen molar-refractivity contribution in [2.24, 2.45) is 5.73 Å². The molecule has 2 heterocycles. The van der Waals surface area contributed by atoms with Crippen molar-refractivity contribution in [3.05, 3.63) is 42.7 Å². The van der Waals surface area contributed by atoms with Crippen LogP contribution >= 0.6 is 38.6 Å². The van der Waals surface area contributed by atoms with Gasteiger partial charge >= 0.3 is 0 Å². The number of rotatable bonds is 3. The van der Waals surface area contributed by atoms with Gasteiger partial charge in [0.15, 0.2) is 0 Å². The van der Waals surface area contributed by atoms with Gasteiger partial charge in [-0.1, -0.05) is 0 Å². The van der Waals surface area contributed by atoms with E-state index in [-0.39, 0.29) is 6.04 Å². The van der Waals surface area contributed by atoms with Gasteiger partial charge in [-0.2, -0.15) is 0 Å². The van der Waals surface area contributed by atoms with Gasteiger partial charge in [0.25, 0.3) is 0 Å². The summed E-state index contributed by atoms with van der Waals surface area (Å²) in [6.45, 7) is 0. The van der Waals surface area contributed by atoms with Crippen LogP contribution in [-0.4, -0.2) is 6.04 Å². The Hall–Kier alpha value is -0.160. The Kier molecular flexibility index (Phi) is 3.89. The highest BCUT2D eigenvalue weighted by atomic mass is 79.9. The lowest BCUT2D eigenvalue weighted by atomic mass is 9.81. The molecule has 2 aromatic heterocycles. The van der Waals surface area contributed by atoms with Crippen molar-refractivity contribution in [2.45, 2.75) is 37.6 Å². The fraction of sp³-hybridized carbons (Fsp3) is 0.429. The van der Waals surface area contributed by atoms with Crippen molar-refractivity contribution in [3.63, 3.8) is 0 Å². The number of halogens is 1. The summed E-state index contributed by atoms with van der Waals surface area (Å²) in [4.78, 5) is 2.95. The van der Waals surface area contributed by atoms with Crippen LogP contribution in [0.15, 0.2) is 27.4 Å². The molecule has 2 unspecified atom stereocenters.